The van der Waals surface area contributed by atoms with Gasteiger partial charge in [0.2, 0.25) is 0 Å². The monoisotopic (exact) mass is 1030 g/mol. The summed E-state index contributed by atoms with van der Waals surface area (Å²) in [5.74, 6) is 6.78. The summed E-state index contributed by atoms with van der Waals surface area (Å²) in [7, 11) is 2.78. The third-order valence-corrected chi connectivity index (χ3v) is 16.4. The largest absolute Gasteiger partial charge is 0.507 e. The Bertz CT molecular complexity index is 2960. The van der Waals surface area contributed by atoms with Gasteiger partial charge in [-0.05, 0) is 149 Å². The van der Waals surface area contributed by atoms with Crippen LogP contribution in [0.4, 0.5) is 0 Å². The average molecular weight is 1030 g/mol. The highest BCUT2D eigenvalue weighted by Gasteiger charge is 2.33. The van der Waals surface area contributed by atoms with Crippen molar-refractivity contribution in [3.8, 4) is 45.6 Å². The molecule has 0 saturated carbocycles. The molecule has 404 valence electrons. The fourth-order valence-corrected chi connectivity index (χ4v) is 10.2. The molecule has 76 heavy (non-hydrogen) atoms. The Balaban J connectivity index is 0.000000281. The summed E-state index contributed by atoms with van der Waals surface area (Å²) in [4.78, 5) is 23.1. The first kappa shape index (κ1) is 60.2. The first-order valence-electron chi connectivity index (χ1n) is 27.3. The Kier molecular flexibility index (Phi) is 20.6. The highest BCUT2D eigenvalue weighted by molar-refractivity contribution is 5.76. The minimum absolute atomic E-state index is 0.164. The van der Waals surface area contributed by atoms with Gasteiger partial charge in [-0.1, -0.05) is 191 Å². The number of phenols is 2. The van der Waals surface area contributed by atoms with Gasteiger partial charge in [0.15, 0.2) is 0 Å². The van der Waals surface area contributed by atoms with E-state index in [9.17, 15) is 24.9 Å². The van der Waals surface area contributed by atoms with Gasteiger partial charge in [0, 0.05) is 27.5 Å². The first-order valence-corrected chi connectivity index (χ1v) is 27.3. The maximum absolute atomic E-state index is 11.6. The molecule has 0 aromatic heterocycles. The molecule has 0 saturated heterocycles. The number of aliphatic hydroxyl groups is 1. The molecule has 2 atom stereocenters. The van der Waals surface area contributed by atoms with Gasteiger partial charge in [0.05, 0.1) is 27.1 Å². The van der Waals surface area contributed by atoms with E-state index in [-0.39, 0.29) is 52.5 Å². The Morgan fingerprint density at radius 1 is 0.539 bits per heavy atom. The van der Waals surface area contributed by atoms with Gasteiger partial charge in [-0.3, -0.25) is 9.59 Å². The van der Waals surface area contributed by atoms with Crippen molar-refractivity contribution in [1.82, 2.24) is 0 Å². The summed E-state index contributed by atoms with van der Waals surface area (Å²) in [6.07, 6.45) is 5.70. The molecule has 0 aliphatic heterocycles. The molecule has 0 spiro atoms. The van der Waals surface area contributed by atoms with Crippen LogP contribution in [0.5, 0.6) is 11.5 Å². The molecular weight excluding hydrogens is 941 g/mol. The van der Waals surface area contributed by atoms with E-state index in [1.807, 2.05) is 99.6 Å². The number of aryl methyl sites for hydroxylation is 3. The number of aliphatic hydroxyl groups excluding tert-OH is 1. The third-order valence-electron chi connectivity index (χ3n) is 16.4. The number of benzene rings is 6. The smallest absolute Gasteiger partial charge is 0.309 e. The Morgan fingerprint density at radius 3 is 1.29 bits per heavy atom. The van der Waals surface area contributed by atoms with Crippen LogP contribution < -0.4 is 0 Å². The fraction of sp³-hybridized carbons (Fsp3) is 0.420. The van der Waals surface area contributed by atoms with Crippen molar-refractivity contribution < 1.29 is 34.4 Å². The van der Waals surface area contributed by atoms with Crippen LogP contribution in [0, 0.1) is 42.4 Å². The van der Waals surface area contributed by atoms with Gasteiger partial charge in [-0.25, -0.2) is 0 Å². The second-order valence-electron chi connectivity index (χ2n) is 23.0. The summed E-state index contributed by atoms with van der Waals surface area (Å²) in [5.41, 5.74) is 14.2. The van der Waals surface area contributed by atoms with Gasteiger partial charge < -0.3 is 24.8 Å². The number of carbonyl (C=O) groups excluding carboxylic acids is 2. The van der Waals surface area contributed by atoms with Crippen LogP contribution in [0.15, 0.2) is 121 Å². The molecule has 0 heterocycles. The molecule has 6 aromatic carbocycles. The number of carbonyl (C=O) groups is 2. The van der Waals surface area contributed by atoms with Gasteiger partial charge in [0.1, 0.15) is 17.6 Å². The number of esters is 2. The Hall–Kier alpha value is -6.62. The van der Waals surface area contributed by atoms with Crippen molar-refractivity contribution in [3.05, 3.63) is 177 Å². The van der Waals surface area contributed by atoms with Crippen LogP contribution in [0.25, 0.3) is 22.3 Å². The van der Waals surface area contributed by atoms with Crippen molar-refractivity contribution in [2.24, 2.45) is 16.7 Å². The maximum Gasteiger partial charge on any atom is 0.309 e. The quantitative estimate of drug-likeness (QED) is 0.0616. The highest BCUT2D eigenvalue weighted by atomic mass is 16.5. The molecular formula is C69H86O7. The van der Waals surface area contributed by atoms with Crippen molar-refractivity contribution in [2.75, 3.05) is 14.2 Å². The van der Waals surface area contributed by atoms with Crippen molar-refractivity contribution >= 4 is 11.9 Å². The van der Waals surface area contributed by atoms with Gasteiger partial charge in [-0.2, -0.15) is 0 Å². The lowest BCUT2D eigenvalue weighted by Crippen LogP contribution is -2.26. The van der Waals surface area contributed by atoms with E-state index < -0.39 is 6.10 Å². The van der Waals surface area contributed by atoms with E-state index >= 15 is 0 Å². The average Bonchev–Trinajstić information content (AvgIpc) is 3.39. The molecule has 3 N–H and O–H groups in total. The summed E-state index contributed by atoms with van der Waals surface area (Å²) < 4.78 is 9.50. The lowest BCUT2D eigenvalue weighted by atomic mass is 9.69. The number of phenolic OH excluding ortho intramolecular Hbond substituents is 2. The highest BCUT2D eigenvalue weighted by Crippen LogP contribution is 2.45. The van der Waals surface area contributed by atoms with Crippen molar-refractivity contribution in [3.63, 3.8) is 0 Å². The topological polar surface area (TPSA) is 113 Å². The molecule has 2 unspecified atom stereocenters. The Morgan fingerprint density at radius 2 is 0.934 bits per heavy atom. The molecule has 6 rings (SSSR count). The lowest BCUT2D eigenvalue weighted by molar-refractivity contribution is -0.140. The first-order chi connectivity index (χ1) is 35.9. The van der Waals surface area contributed by atoms with Gasteiger partial charge in [0.25, 0.3) is 0 Å². The zero-order valence-corrected chi connectivity index (χ0v) is 48.3. The van der Waals surface area contributed by atoms with E-state index in [1.165, 1.54) is 42.9 Å². The fourth-order valence-electron chi connectivity index (χ4n) is 10.2. The molecule has 6 aromatic rings. The minimum atomic E-state index is -0.697. The van der Waals surface area contributed by atoms with Crippen LogP contribution in [0.2, 0.25) is 0 Å². The van der Waals surface area contributed by atoms with E-state index in [4.69, 9.17) is 9.47 Å². The zero-order chi connectivity index (χ0) is 56.2. The van der Waals surface area contributed by atoms with Gasteiger partial charge >= 0.3 is 11.9 Å². The number of ether oxygens (including phenoxy) is 2. The normalized spacial score (nSPS) is 12.6. The van der Waals surface area contributed by atoms with E-state index in [0.717, 1.165) is 87.7 Å². The van der Waals surface area contributed by atoms with Crippen LogP contribution in [-0.4, -0.2) is 47.6 Å². The number of aromatic hydroxyl groups is 2. The number of hydrogen-bond acceptors (Lipinski definition) is 7. The van der Waals surface area contributed by atoms with Crippen molar-refractivity contribution in [2.45, 2.75) is 158 Å². The summed E-state index contributed by atoms with van der Waals surface area (Å²) in [6.45, 7) is 28.4. The predicted molar refractivity (Wildman–Crippen MR) is 313 cm³/mol. The van der Waals surface area contributed by atoms with Crippen LogP contribution in [-0.2, 0) is 49.2 Å². The molecule has 0 fully saturated rings. The number of rotatable bonds is 17. The standard InChI is InChI=1S/C35H46O3.C34H40O4/c1-9-35(10-2,29-18-17-27(24(3)21-29)14-11-25(4)34(5,6)7)30-19-20-31(32(36)23-30)28-15-12-26(13-16-28)22-33(37)38-8;1-8-34(9-2,27-16-14-25(23(3)20-27)15-19-31(36)33(4,5)6)28-17-18-29(30(35)22-28)26-12-10-24(11-13-26)21-32(37)38-7/h12-13,15-21,23,25,36H,9-11,14,22H2,1-8H3;10-14,16-18,20,22,31,35-36H,8-9,21H2,1-7H3. The third kappa shape index (κ3) is 14.4. The van der Waals surface area contributed by atoms with E-state index in [1.54, 1.807) is 0 Å². The summed E-state index contributed by atoms with van der Waals surface area (Å²) in [5, 5.41) is 32.5. The summed E-state index contributed by atoms with van der Waals surface area (Å²) >= 11 is 0. The SMILES string of the molecule is CCC(CC)(c1ccc(C#CC(O)C(C)(C)C)c(C)c1)c1ccc(-c2ccc(CC(=O)OC)cc2)c(O)c1.CCC(CC)(c1ccc(CCC(C)C(C)(C)C)c(C)c1)c1ccc(-c2ccc(CC(=O)OC)cc2)c(O)c1. The van der Waals surface area contributed by atoms with E-state index in [0.29, 0.717) is 11.3 Å². The second-order valence-corrected chi connectivity index (χ2v) is 23.0. The molecule has 0 bridgehead atoms. The molecule has 7 heteroatoms. The molecule has 0 amide bonds. The predicted octanol–water partition coefficient (Wildman–Crippen LogP) is 15.8. The maximum atomic E-state index is 11.6. The molecule has 7 nitrogen and oxygen atoms in total. The second kappa shape index (κ2) is 25.9. The van der Waals surface area contributed by atoms with E-state index in [2.05, 4.69) is 124 Å². The number of methoxy groups -OCH3 is 2. The Labute approximate surface area is 456 Å². The minimum Gasteiger partial charge on any atom is -0.507 e. The molecule has 0 radical (unpaired) electrons. The zero-order valence-electron chi connectivity index (χ0n) is 48.3. The molecule has 0 aliphatic rings. The number of hydrogen-bond donors (Lipinski definition) is 3. The lowest BCUT2D eigenvalue weighted by Gasteiger charge is -2.34. The van der Waals surface area contributed by atoms with Gasteiger partial charge in [-0.15, -0.1) is 0 Å². The van der Waals surface area contributed by atoms with Crippen LogP contribution in [0.1, 0.15) is 164 Å². The van der Waals surface area contributed by atoms with Crippen molar-refractivity contribution in [1.29, 1.82) is 0 Å². The van der Waals surface area contributed by atoms with Crippen LogP contribution in [0.3, 0.4) is 0 Å². The summed E-state index contributed by atoms with van der Waals surface area (Å²) in [6, 6.07) is 40.8. The van der Waals surface area contributed by atoms with Crippen LogP contribution >= 0.6 is 0 Å². The molecule has 0 aliphatic carbocycles.